The number of aliphatic hydroxyl groups is 1. The number of hydrogen-bond donors (Lipinski definition) is 3. The molecule has 36 heavy (non-hydrogen) atoms. The molecule has 13 heteroatoms. The summed E-state index contributed by atoms with van der Waals surface area (Å²) >= 11 is 0. The van der Waals surface area contributed by atoms with Crippen molar-refractivity contribution >= 4 is 24.1 Å². The molecule has 1 aliphatic carbocycles. The first kappa shape index (κ1) is 38.6. The number of guanidine groups is 1. The Kier molecular flexibility index (Phi) is 18.5. The SMILES string of the molecule is CCCCC([NH-])C1C(N=C(NC(=O)OC(C)(C)C)NC(=O)OC(C)(C)C)CC(C(=O)OC)C1O.[Ac].[Ac]. The zero-order valence-electron chi connectivity index (χ0n) is 22.7. The number of esters is 1. The van der Waals surface area contributed by atoms with Crippen LogP contribution in [0, 0.1) is 100.0 Å². The van der Waals surface area contributed by atoms with Crippen molar-refractivity contribution in [2.75, 3.05) is 7.11 Å². The molecule has 0 aromatic heterocycles. The Morgan fingerprint density at radius 3 is 1.89 bits per heavy atom. The maximum absolute atomic E-state index is 12.4. The smallest absolute Gasteiger partial charge is 0.414 e. The number of nitrogens with zero attached hydrogens (tertiary/aromatic N) is 1. The predicted molar refractivity (Wildman–Crippen MR) is 127 cm³/mol. The number of alkyl carbamates (subject to hydrolysis) is 2. The van der Waals surface area contributed by atoms with E-state index in [1.807, 2.05) is 6.92 Å². The van der Waals surface area contributed by atoms with E-state index in [0.29, 0.717) is 6.42 Å². The van der Waals surface area contributed by atoms with Crippen molar-refractivity contribution in [2.24, 2.45) is 16.8 Å². The van der Waals surface area contributed by atoms with Gasteiger partial charge in [-0.05, 0) is 53.9 Å². The van der Waals surface area contributed by atoms with Gasteiger partial charge in [0.2, 0.25) is 5.96 Å². The molecule has 11 nitrogen and oxygen atoms in total. The molecule has 5 unspecified atom stereocenters. The largest absolute Gasteiger partial charge is 0.674 e. The molecule has 0 aromatic carbocycles. The fraction of sp³-hybridized carbons (Fsp3) is 0.826. The van der Waals surface area contributed by atoms with Crippen LogP contribution in [0.25, 0.3) is 5.73 Å². The van der Waals surface area contributed by atoms with Gasteiger partial charge in [0.15, 0.2) is 0 Å². The van der Waals surface area contributed by atoms with Crippen molar-refractivity contribution in [3.05, 3.63) is 5.73 Å². The standard InChI is InChI=1S/C23H41N4O7.2Ac/c1-9-10-11-14(24)16-15(12-13(17(16)28)18(29)32-8)25-19(26-20(30)33-22(2,3)4)27-21(31)34-23(5,6)7;;/h13-17,24,28H,9-12H2,1-8H3,(H2,25,26,27,30,31);;/q-1;;. The van der Waals surface area contributed by atoms with Gasteiger partial charge < -0.3 is 25.1 Å². The summed E-state index contributed by atoms with van der Waals surface area (Å²) in [6.07, 6.45) is -0.605. The predicted octanol–water partition coefficient (Wildman–Crippen LogP) is 3.54. The summed E-state index contributed by atoms with van der Waals surface area (Å²) in [5.41, 5.74) is 6.99. The van der Waals surface area contributed by atoms with Gasteiger partial charge in [-0.3, -0.25) is 15.4 Å². The van der Waals surface area contributed by atoms with Gasteiger partial charge in [-0.2, -0.15) is 0 Å². The van der Waals surface area contributed by atoms with E-state index in [0.717, 1.165) is 12.8 Å². The monoisotopic (exact) mass is 939 g/mol. The van der Waals surface area contributed by atoms with Gasteiger partial charge in [0.1, 0.15) is 11.2 Å². The Bertz CT molecular complexity index is 722. The van der Waals surface area contributed by atoms with Gasteiger partial charge in [-0.1, -0.05) is 26.2 Å². The Hall–Kier alpha value is 0.483. The Morgan fingerprint density at radius 2 is 1.50 bits per heavy atom. The van der Waals surface area contributed by atoms with E-state index in [4.69, 9.17) is 19.9 Å². The van der Waals surface area contributed by atoms with Crippen LogP contribution < -0.4 is 10.6 Å². The van der Waals surface area contributed by atoms with Crippen molar-refractivity contribution in [3.63, 3.8) is 0 Å². The summed E-state index contributed by atoms with van der Waals surface area (Å²) in [7, 11) is 1.23. The molecule has 0 bridgehead atoms. The molecule has 202 valence electrons. The number of methoxy groups -OCH3 is 1. The van der Waals surface area contributed by atoms with Gasteiger partial charge in [0.25, 0.3) is 0 Å². The normalized spacial score (nSPS) is 22.2. The maximum Gasteiger partial charge on any atom is 0.414 e. The molecule has 0 saturated heterocycles. The molecule has 1 aliphatic rings. The summed E-state index contributed by atoms with van der Waals surface area (Å²) in [5.74, 6) is -2.42. The molecule has 0 heterocycles. The minimum atomic E-state index is -1.15. The van der Waals surface area contributed by atoms with Gasteiger partial charge in [-0.25, -0.2) is 14.6 Å². The Balaban J connectivity index is 0. The van der Waals surface area contributed by atoms with Crippen LogP contribution in [0.2, 0.25) is 0 Å². The van der Waals surface area contributed by atoms with E-state index in [9.17, 15) is 19.5 Å². The molecule has 1 saturated carbocycles. The van der Waals surface area contributed by atoms with Crippen molar-refractivity contribution in [1.82, 2.24) is 10.6 Å². The van der Waals surface area contributed by atoms with E-state index in [1.54, 1.807) is 41.5 Å². The number of aliphatic hydroxyl groups excluding tert-OH is 1. The van der Waals surface area contributed by atoms with E-state index in [-0.39, 0.29) is 101 Å². The van der Waals surface area contributed by atoms with Crippen molar-refractivity contribution in [1.29, 1.82) is 0 Å². The number of carbonyl (C=O) groups excluding carboxylic acids is 3. The molecule has 0 spiro atoms. The average molecular weight is 940 g/mol. The second-order valence-corrected chi connectivity index (χ2v) is 10.5. The van der Waals surface area contributed by atoms with Crippen LogP contribution in [0.4, 0.5) is 9.59 Å². The summed E-state index contributed by atoms with van der Waals surface area (Å²) in [6, 6.07) is -1.44. The van der Waals surface area contributed by atoms with E-state index < -0.39 is 59.4 Å². The number of aliphatic imine (C=N–C) groups is 1. The zero-order valence-corrected chi connectivity index (χ0v) is 32.2. The summed E-state index contributed by atoms with van der Waals surface area (Å²) in [6.45, 7) is 12.1. The molecule has 1 rings (SSSR count). The van der Waals surface area contributed by atoms with Crippen LogP contribution in [0.5, 0.6) is 0 Å². The number of ether oxygens (including phenoxy) is 3. The summed E-state index contributed by atoms with van der Waals surface area (Å²) in [5, 5.41) is 15.7. The second-order valence-electron chi connectivity index (χ2n) is 10.5. The zero-order chi connectivity index (χ0) is 26.3. The molecule has 4 N–H and O–H groups in total. The van der Waals surface area contributed by atoms with E-state index in [1.165, 1.54) is 7.11 Å². The first-order chi connectivity index (χ1) is 15.6. The van der Waals surface area contributed by atoms with Gasteiger partial charge in [0, 0.05) is 88.1 Å². The third-order valence-corrected chi connectivity index (χ3v) is 5.12. The summed E-state index contributed by atoms with van der Waals surface area (Å²) < 4.78 is 15.3. The number of hydrogen-bond acceptors (Lipinski definition) is 8. The van der Waals surface area contributed by atoms with E-state index in [2.05, 4.69) is 15.6 Å². The maximum atomic E-state index is 12.4. The molecule has 1 fully saturated rings. The van der Waals surface area contributed by atoms with Crippen molar-refractivity contribution < 1.29 is 122 Å². The van der Waals surface area contributed by atoms with Crippen molar-refractivity contribution in [3.8, 4) is 0 Å². The third-order valence-electron chi connectivity index (χ3n) is 5.12. The number of rotatable bonds is 6. The van der Waals surface area contributed by atoms with Crippen LogP contribution in [0.15, 0.2) is 4.99 Å². The van der Waals surface area contributed by atoms with Crippen molar-refractivity contribution in [2.45, 2.75) is 104 Å². The van der Waals surface area contributed by atoms with Crippen LogP contribution in [0.1, 0.15) is 74.1 Å². The number of unbranched alkanes of at least 4 members (excludes halogenated alkanes) is 1. The van der Waals surface area contributed by atoms with Gasteiger partial charge in [0.05, 0.1) is 25.2 Å². The van der Waals surface area contributed by atoms with Crippen LogP contribution in [0.3, 0.4) is 0 Å². The molecule has 5 atom stereocenters. The fourth-order valence-corrected chi connectivity index (χ4v) is 3.76. The molecule has 0 aliphatic heterocycles. The molecule has 2 amide bonds. The van der Waals surface area contributed by atoms with Gasteiger partial charge in [-0.15, -0.1) is 6.04 Å². The Labute approximate surface area is 286 Å². The first-order valence-corrected chi connectivity index (χ1v) is 11.6. The van der Waals surface area contributed by atoms with Crippen LogP contribution in [-0.2, 0) is 19.0 Å². The molecule has 0 aromatic rings. The minimum absolute atomic E-state index is 0. The Morgan fingerprint density at radius 1 is 1.03 bits per heavy atom. The number of nitrogens with one attached hydrogen (secondary N) is 3. The molecule has 2 radical (unpaired) electrons. The first-order valence-electron chi connectivity index (χ1n) is 11.6. The number of carbonyl (C=O) groups is 3. The van der Waals surface area contributed by atoms with E-state index >= 15 is 0 Å². The van der Waals surface area contributed by atoms with Crippen LogP contribution >= 0.6 is 0 Å². The minimum Gasteiger partial charge on any atom is -0.674 e. The average Bonchev–Trinajstić information content (AvgIpc) is 2.98. The molecular weight excluding hydrogens is 898 g/mol. The third kappa shape index (κ3) is 14.0. The van der Waals surface area contributed by atoms with Crippen LogP contribution in [-0.4, -0.2) is 65.7 Å². The van der Waals surface area contributed by atoms with Gasteiger partial charge >= 0.3 is 18.2 Å². The quantitative estimate of drug-likeness (QED) is 0.159. The topological polar surface area (TPSA) is 159 Å². The molecular formula is C23H41Ac2N4O7-. The number of amides is 2. The second kappa shape index (κ2) is 17.2. The summed E-state index contributed by atoms with van der Waals surface area (Å²) in [4.78, 5) is 41.4. The fourth-order valence-electron chi connectivity index (χ4n) is 3.76.